The fraction of sp³-hybridized carbons (Fsp3) is 0.0667. The van der Waals surface area contributed by atoms with Gasteiger partial charge >= 0.3 is 0 Å². The predicted molar refractivity (Wildman–Crippen MR) is 89.2 cm³/mol. The summed E-state index contributed by atoms with van der Waals surface area (Å²) in [6.07, 6.45) is 0. The number of halogens is 1. The van der Waals surface area contributed by atoms with E-state index in [-0.39, 0.29) is 5.56 Å². The normalized spacial score (nSPS) is 10.7. The monoisotopic (exact) mass is 334 g/mol. The fourth-order valence-electron chi connectivity index (χ4n) is 1.83. The van der Waals surface area contributed by atoms with Crippen LogP contribution in [-0.4, -0.2) is 9.97 Å². The lowest BCUT2D eigenvalue weighted by Gasteiger charge is -2.03. The van der Waals surface area contributed by atoms with E-state index in [1.807, 2.05) is 42.5 Å². The maximum absolute atomic E-state index is 11.8. The van der Waals surface area contributed by atoms with Gasteiger partial charge in [-0.1, -0.05) is 53.7 Å². The van der Waals surface area contributed by atoms with Crippen molar-refractivity contribution in [2.24, 2.45) is 0 Å². The van der Waals surface area contributed by atoms with Crippen LogP contribution in [0.15, 0.2) is 58.5 Å². The summed E-state index contributed by atoms with van der Waals surface area (Å²) in [6, 6.07) is 15.0. The number of nitrogens with one attached hydrogen (secondary N) is 1. The molecule has 21 heavy (non-hydrogen) atoms. The number of rotatable bonds is 4. The van der Waals surface area contributed by atoms with E-state index in [1.54, 1.807) is 0 Å². The van der Waals surface area contributed by atoms with E-state index in [0.29, 0.717) is 10.9 Å². The summed E-state index contributed by atoms with van der Waals surface area (Å²) in [5.41, 5.74) is 1.48. The van der Waals surface area contributed by atoms with Gasteiger partial charge in [0, 0.05) is 22.3 Å². The number of benzene rings is 1. The Morgan fingerprint density at radius 1 is 1.19 bits per heavy atom. The molecule has 6 heteroatoms. The first-order valence-corrected chi connectivity index (χ1v) is 8.42. The average Bonchev–Trinajstić information content (AvgIpc) is 2.91. The molecule has 0 aliphatic rings. The Balaban J connectivity index is 1.83. The fourth-order valence-corrected chi connectivity index (χ4v) is 3.84. The van der Waals surface area contributed by atoms with Crippen LogP contribution in [0.25, 0.3) is 11.3 Å². The Bertz CT molecular complexity index is 799. The van der Waals surface area contributed by atoms with E-state index < -0.39 is 0 Å². The largest absolute Gasteiger partial charge is 0.301 e. The van der Waals surface area contributed by atoms with E-state index in [9.17, 15) is 4.79 Å². The molecule has 0 bridgehead atoms. The third-order valence-electron chi connectivity index (χ3n) is 2.77. The van der Waals surface area contributed by atoms with Crippen LogP contribution in [0.4, 0.5) is 0 Å². The zero-order chi connectivity index (χ0) is 14.7. The topological polar surface area (TPSA) is 45.8 Å². The second kappa shape index (κ2) is 6.47. The maximum Gasteiger partial charge on any atom is 0.252 e. The molecule has 1 aromatic carbocycles. The average molecular weight is 335 g/mol. The minimum atomic E-state index is -0.143. The summed E-state index contributed by atoms with van der Waals surface area (Å²) in [4.78, 5) is 20.2. The van der Waals surface area contributed by atoms with Crippen molar-refractivity contribution in [1.29, 1.82) is 0 Å². The first-order valence-electron chi connectivity index (χ1n) is 6.24. The predicted octanol–water partition coefficient (Wildman–Crippen LogP) is 4.44. The van der Waals surface area contributed by atoms with Gasteiger partial charge in [0.1, 0.15) is 0 Å². The molecule has 1 N–H and O–H groups in total. The molecule has 106 valence electrons. The quantitative estimate of drug-likeness (QED) is 0.566. The lowest BCUT2D eigenvalue weighted by Crippen LogP contribution is -2.08. The molecule has 0 aliphatic heterocycles. The van der Waals surface area contributed by atoms with Gasteiger partial charge < -0.3 is 4.98 Å². The number of aromatic nitrogens is 2. The number of thioether (sulfide) groups is 1. The number of hydrogen-bond acceptors (Lipinski definition) is 4. The van der Waals surface area contributed by atoms with Gasteiger partial charge in [-0.2, -0.15) is 0 Å². The smallest absolute Gasteiger partial charge is 0.252 e. The summed E-state index contributed by atoms with van der Waals surface area (Å²) in [5.74, 6) is 0.735. The SMILES string of the molecule is O=c1cc(-c2ccccc2)nc(SCc2ccc(Cl)s2)[nH]1. The molecule has 3 rings (SSSR count). The molecule has 0 aliphatic carbocycles. The Hall–Kier alpha value is -1.56. The van der Waals surface area contributed by atoms with Crippen molar-refractivity contribution in [2.75, 3.05) is 0 Å². The van der Waals surface area contributed by atoms with Crippen molar-refractivity contribution in [3.8, 4) is 11.3 Å². The molecule has 0 fully saturated rings. The second-order valence-electron chi connectivity index (χ2n) is 4.30. The zero-order valence-corrected chi connectivity index (χ0v) is 13.3. The highest BCUT2D eigenvalue weighted by Gasteiger charge is 2.06. The number of nitrogens with zero attached hydrogens (tertiary/aromatic N) is 1. The van der Waals surface area contributed by atoms with Crippen molar-refractivity contribution in [3.05, 3.63) is 68.1 Å². The van der Waals surface area contributed by atoms with Crippen LogP contribution in [-0.2, 0) is 5.75 Å². The van der Waals surface area contributed by atoms with E-state index in [2.05, 4.69) is 9.97 Å². The number of hydrogen-bond donors (Lipinski definition) is 1. The first-order chi connectivity index (χ1) is 10.2. The molecular formula is C15H11ClN2OS2. The van der Waals surface area contributed by atoms with Gasteiger partial charge in [-0.3, -0.25) is 4.79 Å². The molecule has 0 saturated heterocycles. The van der Waals surface area contributed by atoms with Crippen LogP contribution >= 0.6 is 34.7 Å². The zero-order valence-electron chi connectivity index (χ0n) is 10.9. The second-order valence-corrected chi connectivity index (χ2v) is 7.06. The molecule has 0 radical (unpaired) electrons. The molecule has 2 heterocycles. The molecule has 0 unspecified atom stereocenters. The third-order valence-corrected chi connectivity index (χ3v) is 5.11. The molecular weight excluding hydrogens is 324 g/mol. The van der Waals surface area contributed by atoms with Crippen molar-refractivity contribution in [2.45, 2.75) is 10.9 Å². The van der Waals surface area contributed by atoms with Crippen LogP contribution < -0.4 is 5.56 Å². The van der Waals surface area contributed by atoms with Crippen LogP contribution in [0.5, 0.6) is 0 Å². The van der Waals surface area contributed by atoms with Crippen molar-refractivity contribution < 1.29 is 0 Å². The van der Waals surface area contributed by atoms with Gasteiger partial charge in [0.25, 0.3) is 5.56 Å². The van der Waals surface area contributed by atoms with E-state index in [0.717, 1.165) is 20.5 Å². The summed E-state index contributed by atoms with van der Waals surface area (Å²) in [7, 11) is 0. The Morgan fingerprint density at radius 2 is 2.00 bits per heavy atom. The van der Waals surface area contributed by atoms with Gasteiger partial charge in [-0.25, -0.2) is 4.98 Å². The van der Waals surface area contributed by atoms with E-state index >= 15 is 0 Å². The lowest BCUT2D eigenvalue weighted by atomic mass is 10.1. The highest BCUT2D eigenvalue weighted by Crippen LogP contribution is 2.27. The summed E-state index contributed by atoms with van der Waals surface area (Å²) < 4.78 is 0.769. The van der Waals surface area contributed by atoms with Gasteiger partial charge in [-0.05, 0) is 12.1 Å². The standard InChI is InChI=1S/C15H11ClN2OS2/c16-13-7-6-11(21-13)9-20-15-17-12(8-14(19)18-15)10-4-2-1-3-5-10/h1-8H,9H2,(H,17,18,19). The van der Waals surface area contributed by atoms with E-state index in [1.165, 1.54) is 29.2 Å². The molecule has 3 nitrogen and oxygen atoms in total. The van der Waals surface area contributed by atoms with Gasteiger partial charge in [0.2, 0.25) is 0 Å². The highest BCUT2D eigenvalue weighted by atomic mass is 35.5. The molecule has 2 aromatic heterocycles. The summed E-state index contributed by atoms with van der Waals surface area (Å²) in [6.45, 7) is 0. The molecule has 3 aromatic rings. The van der Waals surface area contributed by atoms with Gasteiger partial charge in [0.05, 0.1) is 10.0 Å². The highest BCUT2D eigenvalue weighted by molar-refractivity contribution is 7.98. The van der Waals surface area contributed by atoms with Crippen molar-refractivity contribution >= 4 is 34.7 Å². The summed E-state index contributed by atoms with van der Waals surface area (Å²) in [5, 5.41) is 0.617. The maximum atomic E-state index is 11.8. The Kier molecular flexibility index (Phi) is 4.43. The molecule has 0 spiro atoms. The third kappa shape index (κ3) is 3.75. The minimum absolute atomic E-state index is 0.143. The minimum Gasteiger partial charge on any atom is -0.301 e. The lowest BCUT2D eigenvalue weighted by molar-refractivity contribution is 0.942. The van der Waals surface area contributed by atoms with Crippen LogP contribution in [0.2, 0.25) is 4.34 Å². The molecule has 0 atom stereocenters. The first kappa shape index (κ1) is 14.4. The number of H-pyrrole nitrogens is 1. The van der Waals surface area contributed by atoms with Gasteiger partial charge in [0.15, 0.2) is 5.16 Å². The number of thiophene rings is 1. The molecule has 0 amide bonds. The van der Waals surface area contributed by atoms with Crippen molar-refractivity contribution in [1.82, 2.24) is 9.97 Å². The Labute approximate surface area is 135 Å². The van der Waals surface area contributed by atoms with Crippen molar-refractivity contribution in [3.63, 3.8) is 0 Å². The van der Waals surface area contributed by atoms with Crippen LogP contribution in [0, 0.1) is 0 Å². The Morgan fingerprint density at radius 3 is 2.71 bits per heavy atom. The van der Waals surface area contributed by atoms with E-state index in [4.69, 9.17) is 11.6 Å². The van der Waals surface area contributed by atoms with Crippen LogP contribution in [0.1, 0.15) is 4.88 Å². The summed E-state index contributed by atoms with van der Waals surface area (Å²) >= 11 is 8.94. The molecule has 0 saturated carbocycles. The number of aromatic amines is 1. The van der Waals surface area contributed by atoms with Crippen LogP contribution in [0.3, 0.4) is 0 Å². The van der Waals surface area contributed by atoms with Gasteiger partial charge in [-0.15, -0.1) is 11.3 Å².